The second kappa shape index (κ2) is 7.48. The Bertz CT molecular complexity index is 1280. The first-order chi connectivity index (χ1) is 13.8. The van der Waals surface area contributed by atoms with Crippen molar-refractivity contribution >= 4 is 37.1 Å². The number of rotatable bonds is 5. The van der Waals surface area contributed by atoms with Gasteiger partial charge in [-0.2, -0.15) is 0 Å². The highest BCUT2D eigenvalue weighted by atomic mass is 35.5. The average molecular weight is 448 g/mol. The Labute approximate surface area is 175 Å². The minimum Gasteiger partial charge on any atom is -0.280 e. The van der Waals surface area contributed by atoms with Crippen molar-refractivity contribution < 1.29 is 16.8 Å². The molecule has 0 amide bonds. The van der Waals surface area contributed by atoms with Crippen LogP contribution in [0, 0.1) is 0 Å². The van der Waals surface area contributed by atoms with E-state index in [0.29, 0.717) is 10.7 Å². The third kappa shape index (κ3) is 4.03. The van der Waals surface area contributed by atoms with E-state index in [1.165, 1.54) is 54.1 Å². The largest absolute Gasteiger partial charge is 0.280 e. The molecule has 5 nitrogen and oxygen atoms in total. The van der Waals surface area contributed by atoms with Crippen LogP contribution in [0.4, 0.5) is 5.69 Å². The van der Waals surface area contributed by atoms with Gasteiger partial charge in [-0.3, -0.25) is 4.72 Å². The molecule has 1 N–H and O–H groups in total. The Morgan fingerprint density at radius 2 is 1.41 bits per heavy atom. The molecule has 1 aliphatic rings. The molecule has 0 aliphatic heterocycles. The lowest BCUT2D eigenvalue weighted by molar-refractivity contribution is 0.595. The molecular weight excluding hydrogens is 430 g/mol. The van der Waals surface area contributed by atoms with E-state index in [2.05, 4.69) is 4.72 Å². The summed E-state index contributed by atoms with van der Waals surface area (Å²) in [6.07, 6.45) is 3.00. The maximum atomic E-state index is 12.9. The van der Waals surface area contributed by atoms with Gasteiger partial charge in [0.15, 0.2) is 0 Å². The summed E-state index contributed by atoms with van der Waals surface area (Å²) >= 11 is 5.82. The van der Waals surface area contributed by atoms with E-state index in [4.69, 9.17) is 11.6 Å². The van der Waals surface area contributed by atoms with E-state index >= 15 is 0 Å². The van der Waals surface area contributed by atoms with Crippen molar-refractivity contribution in [1.29, 1.82) is 0 Å². The van der Waals surface area contributed by atoms with E-state index in [1.54, 1.807) is 6.07 Å². The summed E-state index contributed by atoms with van der Waals surface area (Å²) in [5, 5.41) is 0.416. The lowest BCUT2D eigenvalue weighted by Crippen LogP contribution is -2.14. The number of fused-ring (bicyclic) bond motifs is 1. The molecule has 150 valence electrons. The van der Waals surface area contributed by atoms with Crippen LogP contribution in [0.25, 0.3) is 0 Å². The van der Waals surface area contributed by atoms with Crippen molar-refractivity contribution in [1.82, 2.24) is 0 Å². The Kier molecular flexibility index (Phi) is 5.14. The van der Waals surface area contributed by atoms with E-state index in [-0.39, 0.29) is 14.7 Å². The van der Waals surface area contributed by atoms with Crippen molar-refractivity contribution in [2.24, 2.45) is 0 Å². The second-order valence-electron chi connectivity index (χ2n) is 6.87. The zero-order valence-electron chi connectivity index (χ0n) is 15.3. The lowest BCUT2D eigenvalue weighted by Gasteiger charge is -2.11. The first-order valence-electron chi connectivity index (χ1n) is 9.01. The predicted molar refractivity (Wildman–Crippen MR) is 113 cm³/mol. The third-order valence-corrected chi connectivity index (χ3v) is 8.30. The molecule has 0 spiro atoms. The molecule has 0 unspecified atom stereocenters. The molecule has 0 saturated heterocycles. The predicted octanol–water partition coefficient (Wildman–Crippen LogP) is 4.46. The van der Waals surface area contributed by atoms with Crippen LogP contribution in [-0.2, 0) is 32.7 Å². The van der Waals surface area contributed by atoms with Crippen LogP contribution in [0.15, 0.2) is 81.4 Å². The molecule has 29 heavy (non-hydrogen) atoms. The molecule has 8 heteroatoms. The molecule has 0 atom stereocenters. The van der Waals surface area contributed by atoms with Crippen LogP contribution in [0.3, 0.4) is 0 Å². The SMILES string of the molecule is O=S(=O)(Nc1ccc2c(c1)CCC2)c1cccc(S(=O)(=O)c2ccc(Cl)cc2)c1. The maximum absolute atomic E-state index is 12.9. The zero-order chi connectivity index (χ0) is 20.6. The van der Waals surface area contributed by atoms with Gasteiger partial charge < -0.3 is 0 Å². The molecule has 4 rings (SSSR count). The second-order valence-corrected chi connectivity index (χ2v) is 10.9. The lowest BCUT2D eigenvalue weighted by atomic mass is 10.1. The summed E-state index contributed by atoms with van der Waals surface area (Å²) in [5.74, 6) is 0. The number of hydrogen-bond donors (Lipinski definition) is 1. The number of sulfone groups is 1. The molecule has 0 heterocycles. The van der Waals surface area contributed by atoms with Crippen LogP contribution >= 0.6 is 11.6 Å². The molecule has 1 aliphatic carbocycles. The molecule has 3 aromatic rings. The van der Waals surface area contributed by atoms with Crippen LogP contribution in [-0.4, -0.2) is 16.8 Å². The molecule has 0 radical (unpaired) electrons. The zero-order valence-corrected chi connectivity index (χ0v) is 17.7. The van der Waals surface area contributed by atoms with Gasteiger partial charge in [-0.25, -0.2) is 16.8 Å². The van der Waals surface area contributed by atoms with Crippen molar-refractivity contribution in [3.63, 3.8) is 0 Å². The fourth-order valence-corrected chi connectivity index (χ4v) is 6.01. The van der Waals surface area contributed by atoms with Gasteiger partial charge >= 0.3 is 0 Å². The van der Waals surface area contributed by atoms with Gasteiger partial charge in [-0.15, -0.1) is 0 Å². The normalized spacial score (nSPS) is 13.8. The van der Waals surface area contributed by atoms with Gasteiger partial charge in [0.1, 0.15) is 0 Å². The van der Waals surface area contributed by atoms with E-state index in [1.807, 2.05) is 12.1 Å². The molecule has 0 aromatic heterocycles. The number of nitrogens with one attached hydrogen (secondary N) is 1. The minimum atomic E-state index is -3.94. The Morgan fingerprint density at radius 3 is 2.17 bits per heavy atom. The van der Waals surface area contributed by atoms with E-state index in [9.17, 15) is 16.8 Å². The maximum Gasteiger partial charge on any atom is 0.261 e. The summed E-state index contributed by atoms with van der Waals surface area (Å²) in [6.45, 7) is 0. The van der Waals surface area contributed by atoms with E-state index < -0.39 is 19.9 Å². The van der Waals surface area contributed by atoms with E-state index in [0.717, 1.165) is 24.8 Å². The average Bonchev–Trinajstić information content (AvgIpc) is 3.16. The number of halogens is 1. The number of aryl methyl sites for hydroxylation is 2. The first-order valence-corrected chi connectivity index (χ1v) is 12.4. The quantitative estimate of drug-likeness (QED) is 0.626. The third-order valence-electron chi connectivity index (χ3n) is 4.90. The van der Waals surface area contributed by atoms with Crippen LogP contribution in [0.5, 0.6) is 0 Å². The molecule has 0 bridgehead atoms. The Hall–Kier alpha value is -2.35. The number of hydrogen-bond acceptors (Lipinski definition) is 4. The smallest absolute Gasteiger partial charge is 0.261 e. The highest BCUT2D eigenvalue weighted by molar-refractivity contribution is 7.93. The summed E-state index contributed by atoms with van der Waals surface area (Å²) in [4.78, 5) is -0.173. The van der Waals surface area contributed by atoms with Gasteiger partial charge in [0.25, 0.3) is 10.0 Å². The van der Waals surface area contributed by atoms with Crippen LogP contribution in [0.1, 0.15) is 17.5 Å². The van der Waals surface area contributed by atoms with Gasteiger partial charge in [0.2, 0.25) is 9.84 Å². The summed E-state index contributed by atoms with van der Waals surface area (Å²) in [5.41, 5.74) is 2.85. The fraction of sp³-hybridized carbons (Fsp3) is 0.143. The van der Waals surface area contributed by atoms with Crippen molar-refractivity contribution in [2.45, 2.75) is 33.9 Å². The van der Waals surface area contributed by atoms with Crippen LogP contribution in [0.2, 0.25) is 5.02 Å². The van der Waals surface area contributed by atoms with Crippen LogP contribution < -0.4 is 4.72 Å². The fourth-order valence-electron chi connectivity index (χ4n) is 3.41. The monoisotopic (exact) mass is 447 g/mol. The Balaban J connectivity index is 1.66. The molecular formula is C21H18ClNO4S2. The summed E-state index contributed by atoms with van der Waals surface area (Å²) in [7, 11) is -7.81. The number of anilines is 1. The van der Waals surface area contributed by atoms with Gasteiger partial charge in [-0.1, -0.05) is 23.7 Å². The summed E-state index contributed by atoms with van der Waals surface area (Å²) < 4.78 is 53.9. The number of sulfonamides is 1. The molecule has 3 aromatic carbocycles. The number of benzene rings is 3. The highest BCUT2D eigenvalue weighted by Gasteiger charge is 2.22. The van der Waals surface area contributed by atoms with Gasteiger partial charge in [-0.05, 0) is 85.0 Å². The van der Waals surface area contributed by atoms with Gasteiger partial charge in [0, 0.05) is 10.7 Å². The standard InChI is InChI=1S/C21H18ClNO4S2/c22-17-8-11-19(12-9-17)28(24,25)20-5-2-6-21(14-20)29(26,27)23-18-10-7-15-3-1-4-16(15)13-18/h2,5-14,23H,1,3-4H2. The van der Waals surface area contributed by atoms with Crippen molar-refractivity contribution in [3.05, 3.63) is 82.9 Å². The van der Waals surface area contributed by atoms with Crippen molar-refractivity contribution in [2.75, 3.05) is 4.72 Å². The Morgan fingerprint density at radius 1 is 0.724 bits per heavy atom. The topological polar surface area (TPSA) is 80.3 Å². The highest BCUT2D eigenvalue weighted by Crippen LogP contribution is 2.28. The summed E-state index contributed by atoms with van der Waals surface area (Å²) in [6, 6.07) is 16.6. The van der Waals surface area contributed by atoms with Crippen molar-refractivity contribution in [3.8, 4) is 0 Å². The first kappa shape index (κ1) is 19.9. The molecule has 0 saturated carbocycles. The van der Waals surface area contributed by atoms with Gasteiger partial charge in [0.05, 0.1) is 14.7 Å². The molecule has 0 fully saturated rings. The minimum absolute atomic E-state index is 0.0445.